The molecule has 10 rings (SSSR count). The van der Waals surface area contributed by atoms with Crippen molar-refractivity contribution in [3.63, 3.8) is 0 Å². The van der Waals surface area contributed by atoms with Gasteiger partial charge in [0.15, 0.2) is 0 Å². The van der Waals surface area contributed by atoms with Crippen LogP contribution in [0.2, 0.25) is 0 Å². The van der Waals surface area contributed by atoms with E-state index in [1.54, 1.807) is 0 Å². The fourth-order valence-electron chi connectivity index (χ4n) is 8.68. The van der Waals surface area contributed by atoms with Gasteiger partial charge in [0.1, 0.15) is 0 Å². The van der Waals surface area contributed by atoms with Crippen LogP contribution < -0.4 is 4.90 Å². The molecule has 0 spiro atoms. The monoisotopic (exact) mass is 661 g/mol. The summed E-state index contributed by atoms with van der Waals surface area (Å²) in [5, 5.41) is 5.10. The molecule has 0 saturated carbocycles. The Labute approximate surface area is 304 Å². The van der Waals surface area contributed by atoms with E-state index < -0.39 is 5.41 Å². The van der Waals surface area contributed by atoms with Crippen LogP contribution in [0.1, 0.15) is 22.3 Å². The minimum absolute atomic E-state index is 0.422. The topological polar surface area (TPSA) is 3.24 Å². The summed E-state index contributed by atoms with van der Waals surface area (Å²) in [5.41, 5.74) is 13.1. The predicted octanol–water partition coefficient (Wildman–Crippen LogP) is 13.5. The second kappa shape index (κ2) is 12.3. The standard InChI is InChI=1S/C51H35N/c1-4-17-38(18-5-1)51(39-19-6-2-7-20-39)49-27-15-14-26-46(49)48-35-42(32-33-50(48)51)52(40-21-8-3-9-22-40)41-30-28-36(29-31-41)47-34-37-16-10-11-23-43(37)44-24-12-13-25-45(44)47/h1-35H. The van der Waals surface area contributed by atoms with E-state index in [0.29, 0.717) is 0 Å². The molecule has 0 aromatic heterocycles. The highest BCUT2D eigenvalue weighted by molar-refractivity contribution is 6.13. The molecule has 244 valence electrons. The van der Waals surface area contributed by atoms with Crippen LogP contribution in [-0.4, -0.2) is 0 Å². The number of hydrogen-bond donors (Lipinski definition) is 0. The normalized spacial score (nSPS) is 12.8. The molecule has 1 aliphatic rings. The second-order valence-corrected chi connectivity index (χ2v) is 13.7. The molecule has 52 heavy (non-hydrogen) atoms. The zero-order chi connectivity index (χ0) is 34.5. The number of nitrogens with zero attached hydrogens (tertiary/aromatic N) is 1. The van der Waals surface area contributed by atoms with Gasteiger partial charge in [-0.05, 0) is 109 Å². The number of para-hydroxylation sites is 1. The summed E-state index contributed by atoms with van der Waals surface area (Å²) in [6, 6.07) is 77.7. The number of fused-ring (bicyclic) bond motifs is 6. The lowest BCUT2D eigenvalue weighted by Crippen LogP contribution is -2.28. The molecule has 0 N–H and O–H groups in total. The van der Waals surface area contributed by atoms with Crippen LogP contribution in [0.5, 0.6) is 0 Å². The summed E-state index contributed by atoms with van der Waals surface area (Å²) in [6.07, 6.45) is 0. The van der Waals surface area contributed by atoms with Crippen LogP contribution in [0.25, 0.3) is 43.8 Å². The van der Waals surface area contributed by atoms with Crippen molar-refractivity contribution in [2.45, 2.75) is 5.41 Å². The van der Waals surface area contributed by atoms with E-state index in [4.69, 9.17) is 0 Å². The Morgan fingerprint density at radius 2 is 0.827 bits per heavy atom. The van der Waals surface area contributed by atoms with Crippen molar-refractivity contribution in [1.82, 2.24) is 0 Å². The molecule has 0 amide bonds. The molecule has 9 aromatic carbocycles. The number of hydrogen-bond acceptors (Lipinski definition) is 1. The van der Waals surface area contributed by atoms with Crippen molar-refractivity contribution in [3.8, 4) is 22.3 Å². The van der Waals surface area contributed by atoms with E-state index in [0.717, 1.165) is 17.1 Å². The van der Waals surface area contributed by atoms with E-state index in [-0.39, 0.29) is 0 Å². The highest BCUT2D eigenvalue weighted by Gasteiger charge is 2.46. The highest BCUT2D eigenvalue weighted by Crippen LogP contribution is 2.57. The van der Waals surface area contributed by atoms with Gasteiger partial charge in [-0.25, -0.2) is 0 Å². The van der Waals surface area contributed by atoms with E-state index in [9.17, 15) is 0 Å². The molecule has 0 heterocycles. The van der Waals surface area contributed by atoms with Crippen molar-refractivity contribution in [3.05, 3.63) is 235 Å². The molecule has 1 nitrogen and oxygen atoms in total. The minimum atomic E-state index is -0.422. The quantitative estimate of drug-likeness (QED) is 0.160. The first-order valence-electron chi connectivity index (χ1n) is 18.0. The molecule has 0 saturated heterocycles. The maximum atomic E-state index is 2.40. The van der Waals surface area contributed by atoms with Gasteiger partial charge in [-0.2, -0.15) is 0 Å². The van der Waals surface area contributed by atoms with Gasteiger partial charge in [-0.15, -0.1) is 0 Å². The van der Waals surface area contributed by atoms with Crippen molar-refractivity contribution in [1.29, 1.82) is 0 Å². The van der Waals surface area contributed by atoms with Gasteiger partial charge in [0.2, 0.25) is 0 Å². The van der Waals surface area contributed by atoms with Crippen molar-refractivity contribution >= 4 is 38.6 Å². The van der Waals surface area contributed by atoms with E-state index in [1.165, 1.54) is 66.1 Å². The van der Waals surface area contributed by atoms with Gasteiger partial charge in [-0.1, -0.05) is 170 Å². The molecular formula is C51H35N. The SMILES string of the molecule is c1ccc(N(c2ccc(-c3cc4ccccc4c4ccccc34)cc2)c2ccc3c(c2)-c2ccccc2C3(c2ccccc2)c2ccccc2)cc1. The lowest BCUT2D eigenvalue weighted by atomic mass is 9.68. The zero-order valence-corrected chi connectivity index (χ0v) is 28.7. The van der Waals surface area contributed by atoms with Gasteiger partial charge >= 0.3 is 0 Å². The van der Waals surface area contributed by atoms with Gasteiger partial charge < -0.3 is 4.90 Å². The Morgan fingerprint density at radius 1 is 0.308 bits per heavy atom. The zero-order valence-electron chi connectivity index (χ0n) is 28.7. The molecule has 1 aliphatic carbocycles. The molecule has 0 radical (unpaired) electrons. The molecular weight excluding hydrogens is 627 g/mol. The number of rotatable bonds is 6. The van der Waals surface area contributed by atoms with Gasteiger partial charge in [0.25, 0.3) is 0 Å². The van der Waals surface area contributed by atoms with Crippen LogP contribution >= 0.6 is 0 Å². The Kier molecular flexibility index (Phi) is 7.11. The van der Waals surface area contributed by atoms with E-state index >= 15 is 0 Å². The Morgan fingerprint density at radius 3 is 1.54 bits per heavy atom. The molecule has 0 unspecified atom stereocenters. The van der Waals surface area contributed by atoms with Gasteiger partial charge in [0.05, 0.1) is 5.41 Å². The van der Waals surface area contributed by atoms with Gasteiger partial charge in [0, 0.05) is 17.1 Å². The fourth-order valence-corrected chi connectivity index (χ4v) is 8.68. The third-order valence-electron chi connectivity index (χ3n) is 10.9. The third-order valence-corrected chi connectivity index (χ3v) is 10.9. The first-order chi connectivity index (χ1) is 25.8. The Balaban J connectivity index is 1.14. The van der Waals surface area contributed by atoms with E-state index in [2.05, 4.69) is 217 Å². The maximum absolute atomic E-state index is 2.40. The summed E-state index contributed by atoms with van der Waals surface area (Å²) >= 11 is 0. The molecule has 0 atom stereocenters. The average molecular weight is 662 g/mol. The summed E-state index contributed by atoms with van der Waals surface area (Å²) in [4.78, 5) is 2.39. The lowest BCUT2D eigenvalue weighted by Gasteiger charge is -2.34. The molecule has 0 bridgehead atoms. The summed E-state index contributed by atoms with van der Waals surface area (Å²) < 4.78 is 0. The molecule has 0 fully saturated rings. The van der Waals surface area contributed by atoms with Crippen molar-refractivity contribution in [2.75, 3.05) is 4.90 Å². The summed E-state index contributed by atoms with van der Waals surface area (Å²) in [6.45, 7) is 0. The van der Waals surface area contributed by atoms with Crippen LogP contribution in [-0.2, 0) is 5.41 Å². The average Bonchev–Trinajstić information content (AvgIpc) is 3.52. The van der Waals surface area contributed by atoms with Crippen molar-refractivity contribution in [2.24, 2.45) is 0 Å². The molecule has 9 aromatic rings. The summed E-state index contributed by atoms with van der Waals surface area (Å²) in [7, 11) is 0. The van der Waals surface area contributed by atoms with E-state index in [1.807, 2.05) is 0 Å². The minimum Gasteiger partial charge on any atom is -0.310 e. The smallest absolute Gasteiger partial charge is 0.0713 e. The Bertz CT molecular complexity index is 2670. The van der Waals surface area contributed by atoms with Gasteiger partial charge in [-0.3, -0.25) is 0 Å². The lowest BCUT2D eigenvalue weighted by molar-refractivity contribution is 0.768. The highest BCUT2D eigenvalue weighted by atomic mass is 15.1. The third kappa shape index (κ3) is 4.63. The number of anilines is 3. The first-order valence-corrected chi connectivity index (χ1v) is 18.0. The Hall–Kier alpha value is -6.70. The van der Waals surface area contributed by atoms with Crippen LogP contribution in [0.15, 0.2) is 212 Å². The molecule has 0 aliphatic heterocycles. The predicted molar refractivity (Wildman–Crippen MR) is 219 cm³/mol. The van der Waals surface area contributed by atoms with Crippen LogP contribution in [0, 0.1) is 0 Å². The summed E-state index contributed by atoms with van der Waals surface area (Å²) in [5.74, 6) is 0. The van der Waals surface area contributed by atoms with Crippen molar-refractivity contribution < 1.29 is 0 Å². The second-order valence-electron chi connectivity index (χ2n) is 13.7. The maximum Gasteiger partial charge on any atom is 0.0713 e. The first kappa shape index (κ1) is 30.2. The van der Waals surface area contributed by atoms with Crippen LogP contribution in [0.4, 0.5) is 17.1 Å². The number of benzene rings is 9. The molecule has 1 heteroatoms. The largest absolute Gasteiger partial charge is 0.310 e. The van der Waals surface area contributed by atoms with Crippen LogP contribution in [0.3, 0.4) is 0 Å². The fraction of sp³-hybridized carbons (Fsp3) is 0.0196.